The Morgan fingerprint density at radius 3 is 3.00 bits per heavy atom. The summed E-state index contributed by atoms with van der Waals surface area (Å²) < 4.78 is 0. The Balaban J connectivity index is 2.38. The van der Waals surface area contributed by atoms with Gasteiger partial charge in [0.05, 0.1) is 29.2 Å². The topological polar surface area (TPSA) is 78.2 Å². The van der Waals surface area contributed by atoms with Crippen molar-refractivity contribution in [3.63, 3.8) is 0 Å². The van der Waals surface area contributed by atoms with E-state index in [2.05, 4.69) is 10.2 Å². The van der Waals surface area contributed by atoms with E-state index in [1.165, 1.54) is 0 Å². The number of aliphatic hydroxyl groups excluding tert-OH is 1. The van der Waals surface area contributed by atoms with E-state index in [-0.39, 0.29) is 6.10 Å². The molecule has 0 aliphatic rings. The molecule has 4 N–H and O–H groups in total. The van der Waals surface area contributed by atoms with E-state index >= 15 is 0 Å². The van der Waals surface area contributed by atoms with Gasteiger partial charge in [0.25, 0.3) is 0 Å². The van der Waals surface area contributed by atoms with Crippen molar-refractivity contribution < 1.29 is 5.11 Å². The normalized spacial score (nSPS) is 12.9. The van der Waals surface area contributed by atoms with E-state index in [1.807, 2.05) is 24.1 Å². The van der Waals surface area contributed by atoms with Crippen LogP contribution in [0.25, 0.3) is 10.9 Å². The van der Waals surface area contributed by atoms with Crippen LogP contribution in [0.1, 0.15) is 6.92 Å². The zero-order chi connectivity index (χ0) is 11.7. The van der Waals surface area contributed by atoms with Gasteiger partial charge in [-0.05, 0) is 19.1 Å². The number of aromatic nitrogens is 2. The SMILES string of the molecule is CC(O)CN(C)c1cc2[nH]ncc2cc1N. The number of aromatic amines is 1. The van der Waals surface area contributed by atoms with E-state index in [1.54, 1.807) is 13.1 Å². The van der Waals surface area contributed by atoms with E-state index < -0.39 is 0 Å². The smallest absolute Gasteiger partial charge is 0.0686 e. The Kier molecular flexibility index (Phi) is 2.70. The fourth-order valence-corrected chi connectivity index (χ4v) is 1.82. The molecule has 0 saturated heterocycles. The maximum absolute atomic E-state index is 9.35. The van der Waals surface area contributed by atoms with Gasteiger partial charge in [-0.2, -0.15) is 5.10 Å². The summed E-state index contributed by atoms with van der Waals surface area (Å²) in [5.41, 5.74) is 8.50. The fourth-order valence-electron chi connectivity index (χ4n) is 1.82. The van der Waals surface area contributed by atoms with Crippen LogP contribution in [-0.4, -0.2) is 35.0 Å². The predicted molar refractivity (Wildman–Crippen MR) is 65.5 cm³/mol. The first kappa shape index (κ1) is 10.8. The first-order valence-corrected chi connectivity index (χ1v) is 5.19. The third-order valence-corrected chi connectivity index (χ3v) is 2.54. The van der Waals surface area contributed by atoms with Crippen molar-refractivity contribution in [2.45, 2.75) is 13.0 Å². The van der Waals surface area contributed by atoms with Gasteiger partial charge in [-0.3, -0.25) is 5.10 Å². The second-order valence-electron chi connectivity index (χ2n) is 4.10. The average molecular weight is 220 g/mol. The van der Waals surface area contributed by atoms with Crippen molar-refractivity contribution >= 4 is 22.3 Å². The Labute approximate surface area is 93.9 Å². The molecule has 0 spiro atoms. The summed E-state index contributed by atoms with van der Waals surface area (Å²) in [4.78, 5) is 1.93. The zero-order valence-corrected chi connectivity index (χ0v) is 9.44. The summed E-state index contributed by atoms with van der Waals surface area (Å²) in [6.07, 6.45) is 1.35. The van der Waals surface area contributed by atoms with Gasteiger partial charge >= 0.3 is 0 Å². The van der Waals surface area contributed by atoms with Crippen molar-refractivity contribution in [2.75, 3.05) is 24.2 Å². The van der Waals surface area contributed by atoms with E-state index in [9.17, 15) is 5.11 Å². The number of nitrogens with one attached hydrogen (secondary N) is 1. The number of nitrogen functional groups attached to an aromatic ring is 1. The number of benzene rings is 1. The van der Waals surface area contributed by atoms with Crippen molar-refractivity contribution in [1.29, 1.82) is 0 Å². The number of rotatable bonds is 3. The number of hydrogen-bond acceptors (Lipinski definition) is 4. The highest BCUT2D eigenvalue weighted by molar-refractivity contribution is 5.88. The molecule has 0 fully saturated rings. The van der Waals surface area contributed by atoms with Gasteiger partial charge < -0.3 is 15.7 Å². The number of nitrogens with two attached hydrogens (primary N) is 1. The van der Waals surface area contributed by atoms with Crippen LogP contribution in [0.2, 0.25) is 0 Å². The molecule has 0 amide bonds. The minimum absolute atomic E-state index is 0.387. The molecule has 2 rings (SSSR count). The van der Waals surface area contributed by atoms with Crippen LogP contribution in [0.15, 0.2) is 18.3 Å². The number of fused-ring (bicyclic) bond motifs is 1. The molecule has 0 bridgehead atoms. The van der Waals surface area contributed by atoms with Gasteiger partial charge in [0, 0.05) is 19.0 Å². The Morgan fingerprint density at radius 1 is 1.56 bits per heavy atom. The number of aliphatic hydroxyl groups is 1. The van der Waals surface area contributed by atoms with Gasteiger partial charge in [-0.1, -0.05) is 0 Å². The first-order valence-electron chi connectivity index (χ1n) is 5.19. The molecule has 16 heavy (non-hydrogen) atoms. The molecule has 0 aliphatic carbocycles. The molecular weight excluding hydrogens is 204 g/mol. The molecular formula is C11H16N4O. The summed E-state index contributed by atoms with van der Waals surface area (Å²) in [5, 5.41) is 17.2. The summed E-state index contributed by atoms with van der Waals surface area (Å²) in [5.74, 6) is 0. The Hall–Kier alpha value is -1.75. The number of nitrogens with zero attached hydrogens (tertiary/aromatic N) is 2. The van der Waals surface area contributed by atoms with E-state index in [0.717, 1.165) is 16.6 Å². The highest BCUT2D eigenvalue weighted by Gasteiger charge is 2.09. The standard InChI is InChI=1S/C11H16N4O/c1-7(16)6-15(2)11-4-10-8(3-9(11)12)5-13-14-10/h3-5,7,16H,6,12H2,1-2H3,(H,13,14). The fraction of sp³-hybridized carbons (Fsp3) is 0.364. The molecule has 5 heteroatoms. The molecule has 5 nitrogen and oxygen atoms in total. The molecule has 1 unspecified atom stereocenters. The molecule has 1 aromatic heterocycles. The first-order chi connectivity index (χ1) is 7.58. The molecule has 1 aromatic carbocycles. The van der Waals surface area contributed by atoms with Gasteiger partial charge in [0.1, 0.15) is 0 Å². The van der Waals surface area contributed by atoms with Crippen molar-refractivity contribution in [1.82, 2.24) is 10.2 Å². The van der Waals surface area contributed by atoms with Crippen LogP contribution in [0, 0.1) is 0 Å². The summed E-state index contributed by atoms with van der Waals surface area (Å²) in [6.45, 7) is 2.30. The molecule has 86 valence electrons. The maximum Gasteiger partial charge on any atom is 0.0686 e. The molecule has 0 radical (unpaired) electrons. The number of hydrogen-bond donors (Lipinski definition) is 3. The molecule has 1 atom stereocenters. The third kappa shape index (κ3) is 1.94. The van der Waals surface area contributed by atoms with Crippen LogP contribution in [0.5, 0.6) is 0 Å². The monoisotopic (exact) mass is 220 g/mol. The summed E-state index contributed by atoms with van der Waals surface area (Å²) in [6, 6.07) is 3.83. The average Bonchev–Trinajstić information content (AvgIpc) is 2.61. The number of H-pyrrole nitrogens is 1. The lowest BCUT2D eigenvalue weighted by atomic mass is 10.2. The highest BCUT2D eigenvalue weighted by atomic mass is 16.3. The molecule has 2 aromatic rings. The van der Waals surface area contributed by atoms with Crippen LogP contribution in [0.4, 0.5) is 11.4 Å². The second kappa shape index (κ2) is 4.02. The van der Waals surface area contributed by atoms with E-state index in [0.29, 0.717) is 12.2 Å². The Bertz CT molecular complexity index is 492. The lowest BCUT2D eigenvalue weighted by Gasteiger charge is -2.22. The Morgan fingerprint density at radius 2 is 2.31 bits per heavy atom. The van der Waals surface area contributed by atoms with E-state index in [4.69, 9.17) is 5.73 Å². The lowest BCUT2D eigenvalue weighted by molar-refractivity contribution is 0.201. The minimum Gasteiger partial charge on any atom is -0.397 e. The summed E-state index contributed by atoms with van der Waals surface area (Å²) in [7, 11) is 1.90. The van der Waals surface area contributed by atoms with Gasteiger partial charge in [0.2, 0.25) is 0 Å². The summed E-state index contributed by atoms with van der Waals surface area (Å²) >= 11 is 0. The third-order valence-electron chi connectivity index (χ3n) is 2.54. The molecule has 1 heterocycles. The molecule has 0 aliphatic heterocycles. The number of likely N-dealkylation sites (N-methyl/N-ethyl adjacent to an activating group) is 1. The maximum atomic E-state index is 9.35. The van der Waals surface area contributed by atoms with Crippen LogP contribution < -0.4 is 10.6 Å². The quantitative estimate of drug-likeness (QED) is 0.673. The van der Waals surface area contributed by atoms with Crippen LogP contribution in [0.3, 0.4) is 0 Å². The lowest BCUT2D eigenvalue weighted by Crippen LogP contribution is -2.27. The minimum atomic E-state index is -0.387. The second-order valence-corrected chi connectivity index (χ2v) is 4.10. The van der Waals surface area contributed by atoms with Crippen LogP contribution in [-0.2, 0) is 0 Å². The van der Waals surface area contributed by atoms with Gasteiger partial charge in [0.15, 0.2) is 0 Å². The number of anilines is 2. The zero-order valence-electron chi connectivity index (χ0n) is 9.44. The highest BCUT2D eigenvalue weighted by Crippen LogP contribution is 2.27. The van der Waals surface area contributed by atoms with Crippen LogP contribution >= 0.6 is 0 Å². The van der Waals surface area contributed by atoms with Gasteiger partial charge in [-0.25, -0.2) is 0 Å². The largest absolute Gasteiger partial charge is 0.397 e. The van der Waals surface area contributed by atoms with Crippen molar-refractivity contribution in [3.8, 4) is 0 Å². The predicted octanol–water partition coefficient (Wildman–Crippen LogP) is 0.962. The molecule has 0 saturated carbocycles. The van der Waals surface area contributed by atoms with Crippen molar-refractivity contribution in [3.05, 3.63) is 18.3 Å². The van der Waals surface area contributed by atoms with Crippen molar-refractivity contribution in [2.24, 2.45) is 0 Å². The van der Waals surface area contributed by atoms with Gasteiger partial charge in [-0.15, -0.1) is 0 Å².